The Morgan fingerprint density at radius 3 is 2.45 bits per heavy atom. The summed E-state index contributed by atoms with van der Waals surface area (Å²) in [5.74, 6) is 0.667. The van der Waals surface area contributed by atoms with E-state index < -0.39 is 5.41 Å². The van der Waals surface area contributed by atoms with Gasteiger partial charge in [-0.05, 0) is 95.3 Å². The van der Waals surface area contributed by atoms with Crippen LogP contribution in [0.3, 0.4) is 0 Å². The zero-order valence-corrected chi connectivity index (χ0v) is 20.2. The van der Waals surface area contributed by atoms with Crippen molar-refractivity contribution in [3.05, 3.63) is 91.2 Å². The van der Waals surface area contributed by atoms with Crippen molar-refractivity contribution in [2.24, 2.45) is 0 Å². The molecule has 2 aromatic carbocycles. The van der Waals surface area contributed by atoms with Crippen LogP contribution in [0, 0.1) is 0 Å². The molecule has 0 fully saturated rings. The fourth-order valence-corrected chi connectivity index (χ4v) is 6.02. The third kappa shape index (κ3) is 3.03. The Morgan fingerprint density at radius 1 is 0.903 bits per heavy atom. The van der Waals surface area contributed by atoms with Crippen LogP contribution in [0.5, 0.6) is 0 Å². The number of rotatable bonds is 1. The summed E-state index contributed by atoms with van der Waals surface area (Å²) in [7, 11) is 0. The lowest BCUT2D eigenvalue weighted by Crippen LogP contribution is -2.21. The number of H-pyrrole nitrogens is 1. The summed E-state index contributed by atoms with van der Waals surface area (Å²) >= 11 is 7.44. The number of aromatic nitrogens is 4. The molecule has 4 nitrogen and oxygen atoms in total. The Labute approximate surface area is 197 Å². The molecule has 0 saturated carbocycles. The number of allylic oxidation sites excluding steroid dienone is 6. The topological polar surface area (TPSA) is 54.5 Å². The van der Waals surface area contributed by atoms with Gasteiger partial charge in [-0.15, -0.1) is 10.2 Å². The Hall–Kier alpha value is -2.31. The number of tetrazole rings is 1. The number of hydrogen-bond acceptors (Lipinski definition) is 3. The predicted molar refractivity (Wildman–Crippen MR) is 130 cm³/mol. The Balaban J connectivity index is 1.48. The Morgan fingerprint density at radius 2 is 1.65 bits per heavy atom. The molecule has 0 amide bonds. The third-order valence-corrected chi connectivity index (χ3v) is 8.39. The van der Waals surface area contributed by atoms with Crippen LogP contribution in [-0.2, 0) is 24.7 Å². The van der Waals surface area contributed by atoms with E-state index in [0.717, 1.165) is 34.6 Å². The monoisotopic (exact) mass is 534 g/mol. The van der Waals surface area contributed by atoms with Crippen LogP contribution >= 0.6 is 31.9 Å². The van der Waals surface area contributed by atoms with Crippen LogP contribution in [0.4, 0.5) is 0 Å². The van der Waals surface area contributed by atoms with Crippen LogP contribution < -0.4 is 0 Å². The van der Waals surface area contributed by atoms with Crippen LogP contribution in [0.1, 0.15) is 41.4 Å². The van der Waals surface area contributed by atoms with Crippen molar-refractivity contribution in [3.63, 3.8) is 0 Å². The molecule has 1 N–H and O–H groups in total. The largest absolute Gasteiger partial charge is 0.189 e. The lowest BCUT2D eigenvalue weighted by molar-refractivity contribution is 0.681. The molecule has 0 saturated heterocycles. The molecule has 3 aliphatic carbocycles. The smallest absolute Gasteiger partial charge is 0.177 e. The highest BCUT2D eigenvalue weighted by molar-refractivity contribution is 9.11. The zero-order valence-electron chi connectivity index (χ0n) is 17.0. The molecule has 6 rings (SSSR count). The van der Waals surface area contributed by atoms with Gasteiger partial charge in [-0.3, -0.25) is 0 Å². The SMILES string of the molecule is CC1(c2nn[nH]n2)C=CC2=C(C=C1Br)CCc1cc3c(cc12)CCc1cc(Br)ccc1-3. The molecule has 1 atom stereocenters. The molecule has 0 spiro atoms. The van der Waals surface area contributed by atoms with Gasteiger partial charge < -0.3 is 0 Å². The normalized spacial score (nSPS) is 21.6. The lowest BCUT2D eigenvalue weighted by atomic mass is 9.78. The van der Waals surface area contributed by atoms with Gasteiger partial charge in [0.2, 0.25) is 0 Å². The van der Waals surface area contributed by atoms with E-state index in [1.807, 2.05) is 0 Å². The summed E-state index contributed by atoms with van der Waals surface area (Å²) < 4.78 is 2.22. The summed E-state index contributed by atoms with van der Waals surface area (Å²) in [4.78, 5) is 0. The van der Waals surface area contributed by atoms with Crippen LogP contribution in [0.15, 0.2) is 63.1 Å². The number of halogens is 2. The molecular weight excluding hydrogens is 516 g/mol. The molecule has 1 aromatic heterocycles. The second-order valence-corrected chi connectivity index (χ2v) is 10.4. The van der Waals surface area contributed by atoms with Gasteiger partial charge in [0.15, 0.2) is 5.82 Å². The number of aryl methyl sites for hydroxylation is 3. The van der Waals surface area contributed by atoms with Crippen LogP contribution in [0.25, 0.3) is 16.7 Å². The van der Waals surface area contributed by atoms with E-state index >= 15 is 0 Å². The summed E-state index contributed by atoms with van der Waals surface area (Å²) in [6.45, 7) is 2.12. The molecule has 154 valence electrons. The first kappa shape index (κ1) is 19.4. The first-order valence-electron chi connectivity index (χ1n) is 10.5. The predicted octanol–water partition coefficient (Wildman–Crippen LogP) is 6.23. The number of nitrogens with one attached hydrogen (secondary N) is 1. The van der Waals surface area contributed by atoms with E-state index in [2.05, 4.69) is 108 Å². The maximum atomic E-state index is 4.26. The van der Waals surface area contributed by atoms with Crippen molar-refractivity contribution in [3.8, 4) is 11.1 Å². The molecule has 3 aliphatic rings. The summed E-state index contributed by atoms with van der Waals surface area (Å²) in [5.41, 5.74) is 10.7. The number of benzene rings is 2. The van der Waals surface area contributed by atoms with Crippen molar-refractivity contribution in [2.75, 3.05) is 0 Å². The maximum absolute atomic E-state index is 4.26. The van der Waals surface area contributed by atoms with Gasteiger partial charge in [0.25, 0.3) is 0 Å². The molecule has 0 radical (unpaired) electrons. The fraction of sp³-hybridized carbons (Fsp3) is 0.240. The van der Waals surface area contributed by atoms with Gasteiger partial charge in [-0.1, -0.05) is 67.4 Å². The average Bonchev–Trinajstić information content (AvgIpc) is 3.28. The standard InChI is InChI=1S/C25H20Br2N4/c1-25(24-28-30-31-29-24)9-8-20-17(13-23(25)27)5-4-16-11-21-15(12-22(16)20)3-2-14-10-18(26)6-7-19(14)21/h6-13H,2-5H2,1H3,(H,28,29,30,31). The summed E-state index contributed by atoms with van der Waals surface area (Å²) in [5, 5.41) is 14.9. The van der Waals surface area contributed by atoms with E-state index in [9.17, 15) is 0 Å². The number of fused-ring (bicyclic) bond motifs is 5. The second-order valence-electron chi connectivity index (χ2n) is 8.67. The van der Waals surface area contributed by atoms with Crippen molar-refractivity contribution < 1.29 is 0 Å². The van der Waals surface area contributed by atoms with E-state index in [0.29, 0.717) is 5.82 Å². The Kier molecular flexibility index (Phi) is 4.44. The molecule has 3 aromatic rings. The maximum Gasteiger partial charge on any atom is 0.189 e. The number of aromatic amines is 1. The summed E-state index contributed by atoms with van der Waals surface area (Å²) in [6.07, 6.45) is 11.0. The van der Waals surface area contributed by atoms with Crippen molar-refractivity contribution >= 4 is 37.4 Å². The van der Waals surface area contributed by atoms with Crippen LogP contribution in [0.2, 0.25) is 0 Å². The minimum Gasteiger partial charge on any atom is -0.177 e. The third-order valence-electron chi connectivity index (χ3n) is 6.84. The van der Waals surface area contributed by atoms with Gasteiger partial charge in [-0.25, -0.2) is 0 Å². The average molecular weight is 536 g/mol. The molecule has 31 heavy (non-hydrogen) atoms. The van der Waals surface area contributed by atoms with Gasteiger partial charge in [0.1, 0.15) is 0 Å². The molecular formula is C25H20Br2N4. The van der Waals surface area contributed by atoms with Gasteiger partial charge in [0.05, 0.1) is 5.41 Å². The fourth-order valence-electron chi connectivity index (χ4n) is 5.03. The van der Waals surface area contributed by atoms with E-state index in [1.165, 1.54) is 44.5 Å². The first-order chi connectivity index (χ1) is 15.0. The minimum absolute atomic E-state index is 0.439. The first-order valence-corrected chi connectivity index (χ1v) is 12.1. The second kappa shape index (κ2) is 7.10. The van der Waals surface area contributed by atoms with E-state index in [-0.39, 0.29) is 0 Å². The lowest BCUT2D eigenvalue weighted by Gasteiger charge is -2.26. The van der Waals surface area contributed by atoms with Gasteiger partial charge in [-0.2, -0.15) is 5.21 Å². The quantitative estimate of drug-likeness (QED) is 0.401. The highest BCUT2D eigenvalue weighted by atomic mass is 79.9. The van der Waals surface area contributed by atoms with Crippen molar-refractivity contribution in [1.82, 2.24) is 20.6 Å². The van der Waals surface area contributed by atoms with E-state index in [1.54, 1.807) is 0 Å². The Bertz CT molecular complexity index is 1320. The van der Waals surface area contributed by atoms with E-state index in [4.69, 9.17) is 0 Å². The van der Waals surface area contributed by atoms with Crippen LogP contribution in [-0.4, -0.2) is 20.6 Å². The molecule has 0 aliphatic heterocycles. The molecule has 1 heterocycles. The number of hydrogen-bond donors (Lipinski definition) is 1. The highest BCUT2D eigenvalue weighted by Crippen LogP contribution is 2.45. The molecule has 0 bridgehead atoms. The molecule has 6 heteroatoms. The van der Waals surface area contributed by atoms with Crippen molar-refractivity contribution in [1.29, 1.82) is 0 Å². The molecule has 1 unspecified atom stereocenters. The minimum atomic E-state index is -0.439. The zero-order chi connectivity index (χ0) is 21.2. The van der Waals surface area contributed by atoms with Crippen molar-refractivity contribution in [2.45, 2.75) is 38.0 Å². The van der Waals surface area contributed by atoms with Gasteiger partial charge >= 0.3 is 0 Å². The van der Waals surface area contributed by atoms with Gasteiger partial charge in [0, 0.05) is 8.96 Å². The number of nitrogens with zero attached hydrogens (tertiary/aromatic N) is 3. The highest BCUT2D eigenvalue weighted by Gasteiger charge is 2.34. The summed E-state index contributed by atoms with van der Waals surface area (Å²) in [6, 6.07) is 11.6.